The number of aryl methyl sites for hydroxylation is 1. The molecule has 0 fully saturated rings. The lowest BCUT2D eigenvalue weighted by Gasteiger charge is -2.12. The quantitative estimate of drug-likeness (QED) is 0.493. The van der Waals surface area contributed by atoms with Crippen molar-refractivity contribution in [1.29, 1.82) is 0 Å². The molecule has 1 aliphatic carbocycles. The first-order chi connectivity index (χ1) is 15.1. The summed E-state index contributed by atoms with van der Waals surface area (Å²) >= 11 is 0. The smallest absolute Gasteiger partial charge is 0.267 e. The highest BCUT2D eigenvalue weighted by atomic mass is 19.1. The van der Waals surface area contributed by atoms with E-state index >= 15 is 4.39 Å². The minimum Gasteiger partial charge on any atom is -0.337 e. The van der Waals surface area contributed by atoms with Crippen molar-refractivity contribution in [1.82, 2.24) is 15.2 Å². The summed E-state index contributed by atoms with van der Waals surface area (Å²) in [4.78, 5) is 30.8. The maximum Gasteiger partial charge on any atom is 0.267 e. The molecule has 3 heterocycles. The fourth-order valence-corrected chi connectivity index (χ4v) is 4.41. The van der Waals surface area contributed by atoms with E-state index in [1.54, 1.807) is 24.3 Å². The van der Waals surface area contributed by atoms with Crippen LogP contribution in [0.5, 0.6) is 0 Å². The molecule has 2 amide bonds. The van der Waals surface area contributed by atoms with Crippen LogP contribution in [-0.2, 0) is 12.8 Å². The number of anilines is 3. The SMILES string of the molecule is O=C1c2ccccc2C(=O)N1c1n[nH]c2nc(Nc3cccc4c3CCC4)c(F)cc12. The predicted molar refractivity (Wildman–Crippen MR) is 113 cm³/mol. The number of nitrogens with one attached hydrogen (secondary N) is 2. The van der Waals surface area contributed by atoms with Gasteiger partial charge in [-0.15, -0.1) is 0 Å². The van der Waals surface area contributed by atoms with Gasteiger partial charge in [-0.1, -0.05) is 24.3 Å². The molecule has 2 aromatic heterocycles. The van der Waals surface area contributed by atoms with Crippen molar-refractivity contribution in [3.63, 3.8) is 0 Å². The van der Waals surface area contributed by atoms with E-state index < -0.39 is 17.6 Å². The van der Waals surface area contributed by atoms with E-state index in [0.29, 0.717) is 11.1 Å². The molecule has 0 saturated heterocycles. The van der Waals surface area contributed by atoms with Crippen LogP contribution in [0.15, 0.2) is 48.5 Å². The number of amides is 2. The summed E-state index contributed by atoms with van der Waals surface area (Å²) in [6.07, 6.45) is 3.04. The Morgan fingerprint density at radius 3 is 2.55 bits per heavy atom. The first kappa shape index (κ1) is 17.8. The Bertz CT molecular complexity index is 1380. The second-order valence-corrected chi connectivity index (χ2v) is 7.68. The van der Waals surface area contributed by atoms with Crippen molar-refractivity contribution in [2.45, 2.75) is 19.3 Å². The van der Waals surface area contributed by atoms with Crippen molar-refractivity contribution >= 4 is 40.2 Å². The van der Waals surface area contributed by atoms with Crippen LogP contribution in [0, 0.1) is 5.82 Å². The largest absolute Gasteiger partial charge is 0.337 e. The maximum absolute atomic E-state index is 15.0. The lowest BCUT2D eigenvalue weighted by Crippen LogP contribution is -2.29. The Balaban J connectivity index is 1.40. The number of halogens is 1. The lowest BCUT2D eigenvalue weighted by molar-refractivity contribution is 0.0925. The average Bonchev–Trinajstić information content (AvgIpc) is 3.47. The van der Waals surface area contributed by atoms with Crippen LogP contribution in [0.2, 0.25) is 0 Å². The number of imide groups is 1. The number of nitrogens with zero attached hydrogens (tertiary/aromatic N) is 3. The molecule has 0 radical (unpaired) electrons. The lowest BCUT2D eigenvalue weighted by atomic mass is 10.1. The van der Waals surface area contributed by atoms with Gasteiger partial charge in [-0.3, -0.25) is 14.7 Å². The molecular formula is C23H16FN5O2. The highest BCUT2D eigenvalue weighted by molar-refractivity contribution is 6.35. The third-order valence-corrected chi connectivity index (χ3v) is 5.89. The summed E-state index contributed by atoms with van der Waals surface area (Å²) in [7, 11) is 0. The molecule has 0 bridgehead atoms. The zero-order chi connectivity index (χ0) is 21.1. The Morgan fingerprint density at radius 2 is 1.77 bits per heavy atom. The third-order valence-electron chi connectivity index (χ3n) is 5.89. The van der Waals surface area contributed by atoms with Gasteiger partial charge in [-0.2, -0.15) is 5.10 Å². The summed E-state index contributed by atoms with van der Waals surface area (Å²) in [5.41, 5.74) is 4.16. The van der Waals surface area contributed by atoms with Gasteiger partial charge in [0.1, 0.15) is 0 Å². The second-order valence-electron chi connectivity index (χ2n) is 7.68. The van der Waals surface area contributed by atoms with Crippen molar-refractivity contribution in [3.05, 3.63) is 76.6 Å². The van der Waals surface area contributed by atoms with Gasteiger partial charge in [-0.05, 0) is 54.7 Å². The van der Waals surface area contributed by atoms with E-state index in [-0.39, 0.29) is 22.7 Å². The van der Waals surface area contributed by atoms with E-state index in [9.17, 15) is 9.59 Å². The predicted octanol–water partition coefficient (Wildman–Crippen LogP) is 4.13. The molecule has 0 saturated carbocycles. The van der Waals surface area contributed by atoms with Crippen molar-refractivity contribution in [2.75, 3.05) is 10.2 Å². The molecule has 2 aliphatic rings. The van der Waals surface area contributed by atoms with E-state index in [4.69, 9.17) is 0 Å². The number of carbonyl (C=O) groups excluding carboxylic acids is 2. The molecule has 0 spiro atoms. The number of aromatic amines is 1. The van der Waals surface area contributed by atoms with E-state index in [0.717, 1.165) is 29.8 Å². The van der Waals surface area contributed by atoms with Crippen LogP contribution in [0.1, 0.15) is 38.3 Å². The second kappa shape index (κ2) is 6.46. The molecule has 2 N–H and O–H groups in total. The van der Waals surface area contributed by atoms with Crippen LogP contribution < -0.4 is 10.2 Å². The fraction of sp³-hybridized carbons (Fsp3) is 0.130. The standard InChI is InChI=1S/C23H16FN5O2/c24-17-11-16-19(26-20(17)25-18-10-4-6-12-5-3-9-13(12)18)27-28-21(16)29-22(30)14-7-1-2-8-15(14)23(29)31/h1-2,4,6-8,10-11H,3,5,9H2,(H2,25,26,27,28). The molecule has 152 valence electrons. The van der Waals surface area contributed by atoms with Gasteiger partial charge in [0.25, 0.3) is 11.8 Å². The number of fused-ring (bicyclic) bond motifs is 3. The van der Waals surface area contributed by atoms with Gasteiger partial charge >= 0.3 is 0 Å². The molecule has 0 atom stereocenters. The Kier molecular flexibility index (Phi) is 3.70. The fourth-order valence-electron chi connectivity index (χ4n) is 4.41. The molecule has 8 heteroatoms. The highest BCUT2D eigenvalue weighted by Crippen LogP contribution is 2.34. The topological polar surface area (TPSA) is 91.0 Å². The summed E-state index contributed by atoms with van der Waals surface area (Å²) in [5.74, 6) is -1.47. The van der Waals surface area contributed by atoms with Gasteiger partial charge in [0, 0.05) is 5.69 Å². The molecule has 31 heavy (non-hydrogen) atoms. The van der Waals surface area contributed by atoms with Crippen molar-refractivity contribution < 1.29 is 14.0 Å². The summed E-state index contributed by atoms with van der Waals surface area (Å²) in [6.45, 7) is 0. The minimum atomic E-state index is -0.595. The first-order valence-corrected chi connectivity index (χ1v) is 10.0. The van der Waals surface area contributed by atoms with Gasteiger partial charge in [0.05, 0.1) is 16.5 Å². The molecule has 7 nitrogen and oxygen atoms in total. The van der Waals surface area contributed by atoms with Gasteiger partial charge in [0.2, 0.25) is 0 Å². The zero-order valence-electron chi connectivity index (χ0n) is 16.3. The number of hydrogen-bond acceptors (Lipinski definition) is 5. The average molecular weight is 413 g/mol. The number of rotatable bonds is 3. The number of aromatic nitrogens is 3. The molecular weight excluding hydrogens is 397 g/mol. The zero-order valence-corrected chi connectivity index (χ0v) is 16.3. The van der Waals surface area contributed by atoms with Gasteiger partial charge in [-0.25, -0.2) is 14.3 Å². The van der Waals surface area contributed by atoms with E-state index in [2.05, 4.69) is 26.6 Å². The van der Waals surface area contributed by atoms with Crippen molar-refractivity contribution in [2.24, 2.45) is 0 Å². The highest BCUT2D eigenvalue weighted by Gasteiger charge is 2.38. The van der Waals surface area contributed by atoms with Crippen LogP contribution in [-0.4, -0.2) is 27.0 Å². The molecule has 0 unspecified atom stereocenters. The molecule has 1 aliphatic heterocycles. The first-order valence-electron chi connectivity index (χ1n) is 10.0. The van der Waals surface area contributed by atoms with Crippen LogP contribution in [0.4, 0.5) is 21.7 Å². The Morgan fingerprint density at radius 1 is 1.00 bits per heavy atom. The van der Waals surface area contributed by atoms with Crippen LogP contribution >= 0.6 is 0 Å². The summed E-state index contributed by atoms with van der Waals surface area (Å²) in [6, 6.07) is 13.7. The van der Waals surface area contributed by atoms with Crippen LogP contribution in [0.25, 0.3) is 11.0 Å². The van der Waals surface area contributed by atoms with Crippen molar-refractivity contribution in [3.8, 4) is 0 Å². The number of pyridine rings is 1. The minimum absolute atomic E-state index is 0.0414. The maximum atomic E-state index is 15.0. The molecule has 6 rings (SSSR count). The van der Waals surface area contributed by atoms with Crippen LogP contribution in [0.3, 0.4) is 0 Å². The number of H-pyrrole nitrogens is 1. The molecule has 4 aromatic rings. The summed E-state index contributed by atoms with van der Waals surface area (Å²) in [5, 5.41) is 10.2. The van der Waals surface area contributed by atoms with E-state index in [1.807, 2.05) is 12.1 Å². The summed E-state index contributed by atoms with van der Waals surface area (Å²) < 4.78 is 15.0. The third kappa shape index (κ3) is 2.58. The van der Waals surface area contributed by atoms with Gasteiger partial charge < -0.3 is 5.32 Å². The van der Waals surface area contributed by atoms with E-state index in [1.165, 1.54) is 17.2 Å². The normalized spacial score (nSPS) is 14.9. The Labute approximate surface area is 175 Å². The van der Waals surface area contributed by atoms with Gasteiger partial charge in [0.15, 0.2) is 23.1 Å². The number of benzene rings is 2. The Hall–Kier alpha value is -4.07. The number of carbonyl (C=O) groups is 2. The number of hydrogen-bond donors (Lipinski definition) is 2. The molecule has 2 aromatic carbocycles. The monoisotopic (exact) mass is 413 g/mol.